The fraction of sp³-hybridized carbons (Fsp3) is 0.500. The van der Waals surface area contributed by atoms with Crippen LogP contribution in [0.1, 0.15) is 35.7 Å². The van der Waals surface area contributed by atoms with Crippen molar-refractivity contribution in [3.63, 3.8) is 0 Å². The molecule has 2 atom stereocenters. The topological polar surface area (TPSA) is 55.4 Å². The van der Waals surface area contributed by atoms with Crippen molar-refractivity contribution in [2.75, 3.05) is 13.2 Å². The first-order valence-electron chi connectivity index (χ1n) is 7.38. The van der Waals surface area contributed by atoms with Gasteiger partial charge in [-0.15, -0.1) is 0 Å². The van der Waals surface area contributed by atoms with E-state index < -0.39 is 30.1 Å². The summed E-state index contributed by atoms with van der Waals surface area (Å²) in [5.74, 6) is -1.20. The highest BCUT2D eigenvalue weighted by Gasteiger charge is 2.30. The third-order valence-corrected chi connectivity index (χ3v) is 3.84. The van der Waals surface area contributed by atoms with E-state index in [2.05, 4.69) is 5.32 Å². The van der Waals surface area contributed by atoms with Gasteiger partial charge >= 0.3 is 12.1 Å². The average molecular weight is 329 g/mol. The molecule has 1 aromatic carbocycles. The first kappa shape index (κ1) is 17.5. The van der Waals surface area contributed by atoms with Crippen molar-refractivity contribution in [1.82, 2.24) is 5.32 Å². The van der Waals surface area contributed by atoms with Gasteiger partial charge in [0.2, 0.25) is 0 Å². The van der Waals surface area contributed by atoms with E-state index in [1.54, 1.807) is 0 Å². The number of Topliss-reactive ketones (excluding diaryl/α,β-unsaturated/α-hetero) is 1. The van der Waals surface area contributed by atoms with Crippen molar-refractivity contribution in [2.45, 2.75) is 32.0 Å². The van der Waals surface area contributed by atoms with Gasteiger partial charge in [-0.2, -0.15) is 13.2 Å². The minimum absolute atomic E-state index is 0.0875. The molecule has 1 fully saturated rings. The largest absolute Gasteiger partial charge is 0.457 e. The number of benzene rings is 1. The lowest BCUT2D eigenvalue weighted by Gasteiger charge is -2.26. The maximum absolute atomic E-state index is 12.5. The van der Waals surface area contributed by atoms with Crippen LogP contribution in [-0.2, 0) is 15.7 Å². The number of carbonyl (C=O) groups is 2. The lowest BCUT2D eigenvalue weighted by molar-refractivity contribution is -0.148. The molecule has 2 rings (SSSR count). The number of halogens is 3. The third kappa shape index (κ3) is 4.79. The molecule has 2 unspecified atom stereocenters. The van der Waals surface area contributed by atoms with Gasteiger partial charge in [-0.1, -0.05) is 12.1 Å². The quantitative estimate of drug-likeness (QED) is 0.682. The summed E-state index contributed by atoms with van der Waals surface area (Å²) >= 11 is 0. The van der Waals surface area contributed by atoms with Crippen LogP contribution in [0.3, 0.4) is 0 Å². The van der Waals surface area contributed by atoms with Gasteiger partial charge in [0.05, 0.1) is 11.5 Å². The molecule has 0 saturated carbocycles. The molecule has 1 aliphatic heterocycles. The Hall–Kier alpha value is -1.89. The second kappa shape index (κ2) is 7.12. The van der Waals surface area contributed by atoms with Crippen molar-refractivity contribution in [3.8, 4) is 0 Å². The molecule has 1 heterocycles. The summed E-state index contributed by atoms with van der Waals surface area (Å²) in [5, 5.41) is 3.21. The number of ketones is 1. The highest BCUT2D eigenvalue weighted by Crippen LogP contribution is 2.29. The molecule has 0 spiro atoms. The molecule has 1 aliphatic rings. The van der Waals surface area contributed by atoms with Crippen LogP contribution in [0.5, 0.6) is 0 Å². The molecule has 4 nitrogen and oxygen atoms in total. The summed E-state index contributed by atoms with van der Waals surface area (Å²) in [4.78, 5) is 23.8. The highest BCUT2D eigenvalue weighted by molar-refractivity contribution is 5.98. The molecular weight excluding hydrogens is 311 g/mol. The number of ether oxygens (including phenoxy) is 1. The lowest BCUT2D eigenvalue weighted by atomic mass is 9.93. The number of carbonyl (C=O) groups excluding carboxylic acids is 2. The van der Waals surface area contributed by atoms with Crippen LogP contribution in [0.15, 0.2) is 24.3 Å². The maximum Gasteiger partial charge on any atom is 0.416 e. The number of piperidine rings is 1. The summed E-state index contributed by atoms with van der Waals surface area (Å²) in [5.41, 5.74) is -0.737. The summed E-state index contributed by atoms with van der Waals surface area (Å²) in [6.07, 6.45) is -3.15. The Kier molecular flexibility index (Phi) is 5.41. The lowest BCUT2D eigenvalue weighted by Crippen LogP contribution is -2.39. The Balaban J connectivity index is 1.88. The molecule has 0 bridgehead atoms. The Morgan fingerprint density at radius 3 is 2.48 bits per heavy atom. The standard InChI is InChI=1S/C16H18F3NO3/c1-10-8-12(6-7-20-10)15(22)23-9-14(21)11-2-4-13(5-3-11)16(17,18)19/h2-5,10,12,20H,6-9H2,1H3. The second-order valence-corrected chi connectivity index (χ2v) is 5.68. The summed E-state index contributed by atoms with van der Waals surface area (Å²) < 4.78 is 42.4. The fourth-order valence-corrected chi connectivity index (χ4v) is 2.53. The minimum atomic E-state index is -4.44. The molecule has 0 radical (unpaired) electrons. The van der Waals surface area contributed by atoms with Crippen molar-refractivity contribution in [1.29, 1.82) is 0 Å². The minimum Gasteiger partial charge on any atom is -0.457 e. The summed E-state index contributed by atoms with van der Waals surface area (Å²) in [7, 11) is 0. The number of hydrogen-bond acceptors (Lipinski definition) is 4. The van der Waals surface area contributed by atoms with Crippen molar-refractivity contribution in [2.24, 2.45) is 5.92 Å². The maximum atomic E-state index is 12.5. The van der Waals surface area contributed by atoms with Crippen molar-refractivity contribution in [3.05, 3.63) is 35.4 Å². The first-order chi connectivity index (χ1) is 10.8. The van der Waals surface area contributed by atoms with Crippen LogP contribution in [0.25, 0.3) is 0 Å². The average Bonchev–Trinajstić information content (AvgIpc) is 2.51. The second-order valence-electron chi connectivity index (χ2n) is 5.68. The summed E-state index contributed by atoms with van der Waals surface area (Å²) in [6.45, 7) is 2.23. The molecule has 0 amide bonds. The van der Waals surface area contributed by atoms with Gasteiger partial charge < -0.3 is 10.1 Å². The number of esters is 1. The van der Waals surface area contributed by atoms with E-state index in [1.165, 1.54) is 0 Å². The summed E-state index contributed by atoms with van der Waals surface area (Å²) in [6, 6.07) is 4.07. The van der Waals surface area contributed by atoms with E-state index in [4.69, 9.17) is 4.74 Å². The van der Waals surface area contributed by atoms with Crippen molar-refractivity contribution >= 4 is 11.8 Å². The van der Waals surface area contributed by atoms with Crippen LogP contribution in [0.4, 0.5) is 13.2 Å². The molecule has 126 valence electrons. The zero-order chi connectivity index (χ0) is 17.0. The highest BCUT2D eigenvalue weighted by atomic mass is 19.4. The van der Waals surface area contributed by atoms with Gasteiger partial charge in [0.1, 0.15) is 0 Å². The van der Waals surface area contributed by atoms with Gasteiger partial charge in [-0.3, -0.25) is 9.59 Å². The Morgan fingerprint density at radius 1 is 1.26 bits per heavy atom. The molecule has 23 heavy (non-hydrogen) atoms. The molecule has 1 saturated heterocycles. The number of rotatable bonds is 4. The van der Waals surface area contributed by atoms with E-state index in [9.17, 15) is 22.8 Å². The number of nitrogens with one attached hydrogen (secondary N) is 1. The smallest absolute Gasteiger partial charge is 0.416 e. The Labute approximate surface area is 132 Å². The third-order valence-electron chi connectivity index (χ3n) is 3.84. The van der Waals surface area contributed by atoms with Crippen LogP contribution < -0.4 is 5.32 Å². The van der Waals surface area contributed by atoms with E-state index in [-0.39, 0.29) is 17.5 Å². The molecule has 1 aromatic rings. The predicted molar refractivity (Wildman–Crippen MR) is 76.9 cm³/mol. The fourth-order valence-electron chi connectivity index (χ4n) is 2.53. The number of hydrogen-bond donors (Lipinski definition) is 1. The zero-order valence-corrected chi connectivity index (χ0v) is 12.7. The number of alkyl halides is 3. The predicted octanol–water partition coefficient (Wildman–Crippen LogP) is 2.82. The van der Waals surface area contributed by atoms with Gasteiger partial charge in [0.25, 0.3) is 0 Å². The van der Waals surface area contributed by atoms with Crippen LogP contribution >= 0.6 is 0 Å². The normalized spacial score (nSPS) is 21.7. The van der Waals surface area contributed by atoms with Gasteiger partial charge in [0, 0.05) is 11.6 Å². The SMILES string of the molecule is CC1CC(C(=O)OCC(=O)c2ccc(C(F)(F)F)cc2)CCN1. The Bertz CT molecular complexity index is 569. The monoisotopic (exact) mass is 329 g/mol. The van der Waals surface area contributed by atoms with E-state index in [1.807, 2.05) is 6.92 Å². The molecule has 0 aliphatic carbocycles. The van der Waals surface area contributed by atoms with E-state index in [0.29, 0.717) is 19.4 Å². The molecule has 0 aromatic heterocycles. The first-order valence-corrected chi connectivity index (χ1v) is 7.38. The van der Waals surface area contributed by atoms with Gasteiger partial charge in [-0.05, 0) is 38.4 Å². The van der Waals surface area contributed by atoms with Gasteiger partial charge in [-0.25, -0.2) is 0 Å². The van der Waals surface area contributed by atoms with Crippen LogP contribution in [0, 0.1) is 5.92 Å². The molecule has 1 N–H and O–H groups in total. The zero-order valence-electron chi connectivity index (χ0n) is 12.7. The molecular formula is C16H18F3NO3. The van der Waals surface area contributed by atoms with E-state index in [0.717, 1.165) is 24.3 Å². The van der Waals surface area contributed by atoms with E-state index >= 15 is 0 Å². The molecule has 7 heteroatoms. The Morgan fingerprint density at radius 2 is 1.91 bits per heavy atom. The van der Waals surface area contributed by atoms with Crippen LogP contribution in [-0.4, -0.2) is 30.9 Å². The van der Waals surface area contributed by atoms with Crippen molar-refractivity contribution < 1.29 is 27.5 Å². The van der Waals surface area contributed by atoms with Gasteiger partial charge in [0.15, 0.2) is 12.4 Å². The van der Waals surface area contributed by atoms with Crippen LogP contribution in [0.2, 0.25) is 0 Å².